The van der Waals surface area contributed by atoms with Gasteiger partial charge in [0, 0.05) is 50.4 Å². The number of anilines is 1. The summed E-state index contributed by atoms with van der Waals surface area (Å²) in [6, 6.07) is 14.8. The average molecular weight is 419 g/mol. The van der Waals surface area contributed by atoms with Crippen molar-refractivity contribution >= 4 is 35.4 Å². The van der Waals surface area contributed by atoms with E-state index < -0.39 is 5.91 Å². The van der Waals surface area contributed by atoms with Crippen LogP contribution in [0.1, 0.15) is 28.4 Å². The molecule has 0 unspecified atom stereocenters. The predicted octanol–water partition coefficient (Wildman–Crippen LogP) is 2.77. The van der Waals surface area contributed by atoms with Crippen molar-refractivity contribution in [1.82, 2.24) is 10.4 Å². The molecule has 1 heterocycles. The number of piperazine rings is 1. The summed E-state index contributed by atoms with van der Waals surface area (Å²) in [6.45, 7) is 4.57. The largest absolute Gasteiger partial charge is 0.368 e. The fraction of sp³-hybridized carbons (Fsp3) is 0.208. The Morgan fingerprint density at radius 3 is 1.90 bits per heavy atom. The van der Waals surface area contributed by atoms with Crippen LogP contribution in [0, 0.1) is 0 Å². The zero-order valence-electron chi connectivity index (χ0n) is 17.3. The molecule has 0 radical (unpaired) electrons. The van der Waals surface area contributed by atoms with Crippen molar-refractivity contribution in [2.45, 2.75) is 6.92 Å². The van der Waals surface area contributed by atoms with Crippen LogP contribution in [0.25, 0.3) is 12.2 Å². The average Bonchev–Trinajstić information content (AvgIpc) is 2.81. The van der Waals surface area contributed by atoms with Gasteiger partial charge in [0.25, 0.3) is 5.91 Å². The molecule has 2 N–H and O–H groups in total. The Bertz CT molecular complexity index is 986. The number of rotatable bonds is 6. The van der Waals surface area contributed by atoms with Crippen molar-refractivity contribution in [2.75, 3.05) is 31.1 Å². The van der Waals surface area contributed by atoms with Gasteiger partial charge in [0.15, 0.2) is 5.78 Å². The van der Waals surface area contributed by atoms with E-state index in [1.807, 2.05) is 53.4 Å². The first-order valence-electron chi connectivity index (χ1n) is 10.0. The van der Waals surface area contributed by atoms with Crippen molar-refractivity contribution in [3.8, 4) is 0 Å². The van der Waals surface area contributed by atoms with Crippen LogP contribution in [-0.4, -0.2) is 53.9 Å². The SMILES string of the molecule is CC(=O)N1CCN(c2ccc(C(=O)C=Cc3ccc(C=CC(=O)NO)cc3)cc2)CC1. The van der Waals surface area contributed by atoms with Gasteiger partial charge in [0.05, 0.1) is 0 Å². The van der Waals surface area contributed by atoms with E-state index in [9.17, 15) is 14.4 Å². The standard InChI is InChI=1S/C24H25N3O4/c1-18(28)26-14-16-27(17-15-26)22-10-8-21(9-11-22)23(29)12-6-19-2-4-20(5-3-19)7-13-24(30)25-31/h2-13,31H,14-17H2,1H3,(H,25,30). The van der Waals surface area contributed by atoms with Gasteiger partial charge in [0.2, 0.25) is 5.91 Å². The van der Waals surface area contributed by atoms with Gasteiger partial charge in [-0.25, -0.2) is 5.48 Å². The first kappa shape index (κ1) is 22.0. The summed E-state index contributed by atoms with van der Waals surface area (Å²) >= 11 is 0. The topological polar surface area (TPSA) is 90.0 Å². The third-order valence-corrected chi connectivity index (χ3v) is 5.14. The number of hydrogen-bond donors (Lipinski definition) is 2. The van der Waals surface area contributed by atoms with Gasteiger partial charge in [-0.05, 0) is 47.5 Å². The van der Waals surface area contributed by atoms with E-state index in [2.05, 4.69) is 4.90 Å². The molecular weight excluding hydrogens is 394 g/mol. The molecule has 1 fully saturated rings. The zero-order chi connectivity index (χ0) is 22.2. The number of nitrogens with one attached hydrogen (secondary N) is 1. The van der Waals surface area contributed by atoms with Crippen LogP contribution in [-0.2, 0) is 9.59 Å². The van der Waals surface area contributed by atoms with Gasteiger partial charge in [-0.15, -0.1) is 0 Å². The fourth-order valence-electron chi connectivity index (χ4n) is 3.31. The van der Waals surface area contributed by atoms with Crippen LogP contribution < -0.4 is 10.4 Å². The second-order valence-electron chi connectivity index (χ2n) is 7.21. The minimum absolute atomic E-state index is 0.0865. The summed E-state index contributed by atoms with van der Waals surface area (Å²) in [5.74, 6) is -0.581. The van der Waals surface area contributed by atoms with E-state index in [0.29, 0.717) is 18.7 Å². The van der Waals surface area contributed by atoms with Crippen molar-refractivity contribution in [3.63, 3.8) is 0 Å². The lowest BCUT2D eigenvalue weighted by Gasteiger charge is -2.35. The maximum Gasteiger partial charge on any atom is 0.267 e. The molecule has 2 amide bonds. The number of carbonyl (C=O) groups is 3. The minimum Gasteiger partial charge on any atom is -0.368 e. The smallest absolute Gasteiger partial charge is 0.267 e. The zero-order valence-corrected chi connectivity index (χ0v) is 17.3. The molecule has 7 nitrogen and oxygen atoms in total. The first-order valence-corrected chi connectivity index (χ1v) is 10.0. The molecule has 3 rings (SSSR count). The molecule has 2 aromatic carbocycles. The molecule has 0 atom stereocenters. The van der Waals surface area contributed by atoms with Gasteiger partial charge < -0.3 is 9.80 Å². The highest BCUT2D eigenvalue weighted by Crippen LogP contribution is 2.18. The Kier molecular flexibility index (Phi) is 7.35. The van der Waals surface area contributed by atoms with Crippen molar-refractivity contribution in [2.24, 2.45) is 0 Å². The van der Waals surface area contributed by atoms with Crippen LogP contribution in [0.5, 0.6) is 0 Å². The summed E-state index contributed by atoms with van der Waals surface area (Å²) in [5, 5.41) is 8.47. The van der Waals surface area contributed by atoms with Gasteiger partial charge in [-0.1, -0.05) is 30.3 Å². The van der Waals surface area contributed by atoms with Crippen molar-refractivity contribution in [3.05, 3.63) is 77.4 Å². The lowest BCUT2D eigenvalue weighted by molar-refractivity contribution is -0.129. The summed E-state index contributed by atoms with van der Waals surface area (Å²) in [6.07, 6.45) is 6.07. The molecule has 0 aromatic heterocycles. The number of amides is 2. The number of ketones is 1. The molecule has 160 valence electrons. The molecule has 1 aliphatic heterocycles. The molecule has 0 aliphatic carbocycles. The summed E-state index contributed by atoms with van der Waals surface area (Å²) in [4.78, 5) is 39.0. The second kappa shape index (κ2) is 10.4. The Morgan fingerprint density at radius 1 is 0.839 bits per heavy atom. The van der Waals surface area contributed by atoms with Gasteiger partial charge in [-0.2, -0.15) is 0 Å². The van der Waals surface area contributed by atoms with E-state index >= 15 is 0 Å². The Hall–Kier alpha value is -3.71. The maximum absolute atomic E-state index is 12.5. The van der Waals surface area contributed by atoms with E-state index in [1.165, 1.54) is 17.6 Å². The lowest BCUT2D eigenvalue weighted by Crippen LogP contribution is -2.48. The number of allylic oxidation sites excluding steroid dienone is 1. The van der Waals surface area contributed by atoms with E-state index in [-0.39, 0.29) is 11.7 Å². The number of benzene rings is 2. The molecule has 31 heavy (non-hydrogen) atoms. The number of carbonyl (C=O) groups excluding carboxylic acids is 3. The molecule has 0 bridgehead atoms. The monoisotopic (exact) mass is 419 g/mol. The van der Waals surface area contributed by atoms with E-state index in [4.69, 9.17) is 5.21 Å². The second-order valence-corrected chi connectivity index (χ2v) is 7.21. The van der Waals surface area contributed by atoms with Gasteiger partial charge in [-0.3, -0.25) is 19.6 Å². The van der Waals surface area contributed by atoms with Crippen LogP contribution in [0.3, 0.4) is 0 Å². The molecule has 2 aromatic rings. The number of hydrogen-bond acceptors (Lipinski definition) is 5. The number of nitrogens with zero attached hydrogens (tertiary/aromatic N) is 2. The fourth-order valence-corrected chi connectivity index (χ4v) is 3.31. The quantitative estimate of drug-likeness (QED) is 0.325. The predicted molar refractivity (Wildman–Crippen MR) is 120 cm³/mol. The molecule has 1 saturated heterocycles. The van der Waals surface area contributed by atoms with Gasteiger partial charge >= 0.3 is 0 Å². The summed E-state index contributed by atoms with van der Waals surface area (Å²) in [5.41, 5.74) is 4.84. The molecule has 1 aliphatic rings. The molecule has 0 spiro atoms. The van der Waals surface area contributed by atoms with E-state index in [0.717, 1.165) is 29.9 Å². The molecule has 0 saturated carbocycles. The highest BCUT2D eigenvalue weighted by Gasteiger charge is 2.18. The Morgan fingerprint density at radius 2 is 1.39 bits per heavy atom. The van der Waals surface area contributed by atoms with Crippen LogP contribution >= 0.6 is 0 Å². The maximum atomic E-state index is 12.5. The lowest BCUT2D eigenvalue weighted by atomic mass is 10.1. The third kappa shape index (κ3) is 6.13. The molecular formula is C24H25N3O4. The van der Waals surface area contributed by atoms with Crippen molar-refractivity contribution < 1.29 is 19.6 Å². The summed E-state index contributed by atoms with van der Waals surface area (Å²) in [7, 11) is 0. The molecule has 7 heteroatoms. The van der Waals surface area contributed by atoms with E-state index in [1.54, 1.807) is 19.1 Å². The highest BCUT2D eigenvalue weighted by atomic mass is 16.5. The summed E-state index contributed by atoms with van der Waals surface area (Å²) < 4.78 is 0. The normalized spacial score (nSPS) is 14.3. The third-order valence-electron chi connectivity index (χ3n) is 5.14. The Labute approximate surface area is 181 Å². The minimum atomic E-state index is -0.598. The highest BCUT2D eigenvalue weighted by molar-refractivity contribution is 6.07. The van der Waals surface area contributed by atoms with Crippen LogP contribution in [0.15, 0.2) is 60.7 Å². The van der Waals surface area contributed by atoms with Gasteiger partial charge in [0.1, 0.15) is 0 Å². The van der Waals surface area contributed by atoms with Crippen LogP contribution in [0.4, 0.5) is 5.69 Å². The van der Waals surface area contributed by atoms with Crippen molar-refractivity contribution in [1.29, 1.82) is 0 Å². The van der Waals surface area contributed by atoms with Crippen LogP contribution in [0.2, 0.25) is 0 Å². The Balaban J connectivity index is 1.57. The first-order chi connectivity index (χ1) is 15.0. The number of hydroxylamine groups is 1.